The van der Waals surface area contributed by atoms with Gasteiger partial charge >= 0.3 is 5.69 Å². The molecule has 1 amide bonds. The SMILES string of the molecule is CC(=O)N1CCc2ccccc2[C@@H]1c1c(O)n(-c2ccccc2Cl)c(=O)[nH]c1=O. The number of carbonyl (C=O) groups excluding carboxylic acids is 1. The molecule has 2 heterocycles. The number of carbonyl (C=O) groups is 1. The van der Waals surface area contributed by atoms with Crippen LogP contribution in [0, 0.1) is 0 Å². The van der Waals surface area contributed by atoms with Crippen LogP contribution in [0.4, 0.5) is 0 Å². The van der Waals surface area contributed by atoms with Crippen LogP contribution in [0.15, 0.2) is 58.1 Å². The number of aromatic amines is 1. The molecule has 1 aliphatic heterocycles. The van der Waals surface area contributed by atoms with Gasteiger partial charge in [0.15, 0.2) is 0 Å². The minimum atomic E-state index is -0.824. The average Bonchev–Trinajstić information content (AvgIpc) is 2.69. The second-order valence-corrected chi connectivity index (χ2v) is 7.25. The fraction of sp³-hybridized carbons (Fsp3) is 0.190. The second-order valence-electron chi connectivity index (χ2n) is 6.85. The Morgan fingerprint density at radius 3 is 2.55 bits per heavy atom. The second kappa shape index (κ2) is 7.25. The molecule has 0 saturated heterocycles. The Bertz CT molecular complexity index is 1230. The minimum absolute atomic E-state index is 0.0770. The van der Waals surface area contributed by atoms with Gasteiger partial charge in [-0.15, -0.1) is 0 Å². The third-order valence-corrected chi connectivity index (χ3v) is 5.50. The van der Waals surface area contributed by atoms with Crippen LogP contribution in [0.5, 0.6) is 5.88 Å². The number of aromatic nitrogens is 2. The Kier molecular flexibility index (Phi) is 4.76. The molecule has 0 spiro atoms. The lowest BCUT2D eigenvalue weighted by atomic mass is 9.89. The normalized spacial score (nSPS) is 15.8. The third kappa shape index (κ3) is 3.13. The molecule has 0 fully saturated rings. The van der Waals surface area contributed by atoms with Crippen LogP contribution in [0.2, 0.25) is 5.02 Å². The van der Waals surface area contributed by atoms with Crippen molar-refractivity contribution in [1.29, 1.82) is 0 Å². The van der Waals surface area contributed by atoms with E-state index in [0.29, 0.717) is 13.0 Å². The summed E-state index contributed by atoms with van der Waals surface area (Å²) in [4.78, 5) is 41.4. The molecule has 148 valence electrons. The zero-order valence-corrected chi connectivity index (χ0v) is 16.3. The van der Waals surface area contributed by atoms with Gasteiger partial charge in [-0.2, -0.15) is 0 Å². The van der Waals surface area contributed by atoms with E-state index in [9.17, 15) is 19.5 Å². The summed E-state index contributed by atoms with van der Waals surface area (Å²) in [6.07, 6.45) is 0.634. The first kappa shape index (κ1) is 19.0. The first-order chi connectivity index (χ1) is 13.9. The number of H-pyrrole nitrogens is 1. The summed E-state index contributed by atoms with van der Waals surface area (Å²) < 4.78 is 0.953. The first-order valence-corrected chi connectivity index (χ1v) is 9.46. The highest BCUT2D eigenvalue weighted by molar-refractivity contribution is 6.32. The van der Waals surface area contributed by atoms with Crippen molar-refractivity contribution >= 4 is 17.5 Å². The van der Waals surface area contributed by atoms with Gasteiger partial charge in [-0.25, -0.2) is 9.36 Å². The van der Waals surface area contributed by atoms with E-state index in [2.05, 4.69) is 4.98 Å². The molecule has 3 aromatic rings. The van der Waals surface area contributed by atoms with Gasteiger partial charge in [0.1, 0.15) is 5.56 Å². The summed E-state index contributed by atoms with van der Waals surface area (Å²) in [5.41, 5.74) is 0.300. The highest BCUT2D eigenvalue weighted by Gasteiger charge is 2.35. The number of hydrogen-bond acceptors (Lipinski definition) is 4. The van der Waals surface area contributed by atoms with E-state index in [0.717, 1.165) is 15.7 Å². The van der Waals surface area contributed by atoms with Crippen LogP contribution in [-0.2, 0) is 11.2 Å². The Morgan fingerprint density at radius 2 is 1.83 bits per heavy atom. The average molecular weight is 412 g/mol. The van der Waals surface area contributed by atoms with Crippen molar-refractivity contribution in [3.63, 3.8) is 0 Å². The summed E-state index contributed by atoms with van der Waals surface area (Å²) in [5.74, 6) is -0.779. The molecular formula is C21H18ClN3O4. The van der Waals surface area contributed by atoms with Gasteiger partial charge < -0.3 is 10.0 Å². The van der Waals surface area contributed by atoms with Gasteiger partial charge in [0.25, 0.3) is 5.56 Å². The number of para-hydroxylation sites is 1. The number of fused-ring (bicyclic) bond motifs is 1. The quantitative estimate of drug-likeness (QED) is 0.676. The lowest BCUT2D eigenvalue weighted by Gasteiger charge is -2.36. The van der Waals surface area contributed by atoms with Crippen molar-refractivity contribution in [2.45, 2.75) is 19.4 Å². The highest BCUT2D eigenvalue weighted by Crippen LogP contribution is 2.37. The molecule has 7 nitrogen and oxygen atoms in total. The zero-order chi connectivity index (χ0) is 20.7. The lowest BCUT2D eigenvalue weighted by Crippen LogP contribution is -2.43. The summed E-state index contributed by atoms with van der Waals surface area (Å²) in [6, 6.07) is 13.1. The van der Waals surface area contributed by atoms with Crippen LogP contribution in [-0.4, -0.2) is 32.0 Å². The van der Waals surface area contributed by atoms with Gasteiger partial charge in [-0.05, 0) is 29.7 Å². The molecule has 29 heavy (non-hydrogen) atoms. The maximum Gasteiger partial charge on any atom is 0.335 e. The summed E-state index contributed by atoms with van der Waals surface area (Å²) in [5, 5.41) is 11.3. The molecule has 0 unspecified atom stereocenters. The van der Waals surface area contributed by atoms with Crippen molar-refractivity contribution in [3.05, 3.63) is 91.1 Å². The molecule has 0 saturated carbocycles. The van der Waals surface area contributed by atoms with E-state index in [1.807, 2.05) is 24.3 Å². The maximum absolute atomic E-state index is 12.8. The maximum atomic E-state index is 12.8. The number of rotatable bonds is 2. The Hall–Kier alpha value is -3.32. The first-order valence-electron chi connectivity index (χ1n) is 9.08. The van der Waals surface area contributed by atoms with Gasteiger partial charge in [-0.1, -0.05) is 48.0 Å². The van der Waals surface area contributed by atoms with E-state index in [1.54, 1.807) is 24.3 Å². The number of halogens is 1. The van der Waals surface area contributed by atoms with Crippen molar-refractivity contribution in [2.24, 2.45) is 0 Å². The number of nitrogens with zero attached hydrogens (tertiary/aromatic N) is 2. The van der Waals surface area contributed by atoms with Crippen molar-refractivity contribution in [2.75, 3.05) is 6.54 Å². The summed E-state index contributed by atoms with van der Waals surface area (Å²) in [6.45, 7) is 1.80. The van der Waals surface area contributed by atoms with Crippen LogP contribution in [0.25, 0.3) is 5.69 Å². The van der Waals surface area contributed by atoms with Crippen LogP contribution in [0.1, 0.15) is 29.7 Å². The molecular weight excluding hydrogens is 394 g/mol. The molecule has 4 rings (SSSR count). The number of amides is 1. The van der Waals surface area contributed by atoms with Crippen molar-refractivity contribution < 1.29 is 9.90 Å². The van der Waals surface area contributed by atoms with Gasteiger partial charge in [0, 0.05) is 13.5 Å². The predicted molar refractivity (Wildman–Crippen MR) is 109 cm³/mol. The topological polar surface area (TPSA) is 95.4 Å². The van der Waals surface area contributed by atoms with Gasteiger partial charge in [0.05, 0.1) is 16.8 Å². The molecule has 1 atom stereocenters. The molecule has 8 heteroatoms. The van der Waals surface area contributed by atoms with E-state index >= 15 is 0 Å². The third-order valence-electron chi connectivity index (χ3n) is 5.18. The standard InChI is InChI=1S/C21H18ClN3O4/c1-12(26)24-11-10-13-6-2-3-7-14(13)18(24)17-19(27)23-21(29)25(20(17)28)16-9-5-4-8-15(16)22/h2-9,18,28H,10-11H2,1H3,(H,23,27,29)/t18-/m1/s1. The Balaban J connectivity index is 2.04. The smallest absolute Gasteiger partial charge is 0.335 e. The number of nitrogens with one attached hydrogen (secondary N) is 1. The van der Waals surface area contributed by atoms with Crippen molar-refractivity contribution in [1.82, 2.24) is 14.5 Å². The summed E-state index contributed by atoms with van der Waals surface area (Å²) in [7, 11) is 0. The lowest BCUT2D eigenvalue weighted by molar-refractivity contribution is -0.130. The molecule has 1 aliphatic rings. The largest absolute Gasteiger partial charge is 0.494 e. The Labute approximate surface area is 170 Å². The van der Waals surface area contributed by atoms with Gasteiger partial charge in [0.2, 0.25) is 11.8 Å². The zero-order valence-electron chi connectivity index (χ0n) is 15.6. The Morgan fingerprint density at radius 1 is 1.14 bits per heavy atom. The van der Waals surface area contributed by atoms with E-state index in [1.165, 1.54) is 11.8 Å². The van der Waals surface area contributed by atoms with E-state index in [4.69, 9.17) is 11.6 Å². The van der Waals surface area contributed by atoms with Crippen molar-refractivity contribution in [3.8, 4) is 11.6 Å². The highest BCUT2D eigenvalue weighted by atomic mass is 35.5. The van der Waals surface area contributed by atoms with Crippen LogP contribution < -0.4 is 11.2 Å². The van der Waals surface area contributed by atoms with E-state index < -0.39 is 23.2 Å². The molecule has 0 radical (unpaired) electrons. The fourth-order valence-corrected chi connectivity index (χ4v) is 4.08. The molecule has 2 N–H and O–H groups in total. The van der Waals surface area contributed by atoms with Gasteiger partial charge in [-0.3, -0.25) is 14.6 Å². The number of benzene rings is 2. The monoisotopic (exact) mass is 411 g/mol. The molecule has 0 bridgehead atoms. The van der Waals surface area contributed by atoms with Crippen LogP contribution in [0.3, 0.4) is 0 Å². The fourth-order valence-electron chi connectivity index (χ4n) is 3.86. The number of hydrogen-bond donors (Lipinski definition) is 2. The minimum Gasteiger partial charge on any atom is -0.494 e. The molecule has 1 aromatic heterocycles. The number of aromatic hydroxyl groups is 1. The van der Waals surface area contributed by atoms with Crippen LogP contribution >= 0.6 is 11.6 Å². The molecule has 0 aliphatic carbocycles. The summed E-state index contributed by atoms with van der Waals surface area (Å²) >= 11 is 6.21. The van der Waals surface area contributed by atoms with E-state index in [-0.39, 0.29) is 22.2 Å². The molecule has 2 aromatic carbocycles. The predicted octanol–water partition coefficient (Wildman–Crippen LogP) is 2.38.